The molecule has 0 radical (unpaired) electrons. The number of hydrogen-bond donors (Lipinski definition) is 1. The average molecular weight is 283 g/mol. The van der Waals surface area contributed by atoms with Crippen molar-refractivity contribution >= 4 is 5.69 Å². The molecule has 21 heavy (non-hydrogen) atoms. The average Bonchev–Trinajstić information content (AvgIpc) is 2.95. The number of nitrogens with one attached hydrogen (secondary N) is 1. The van der Waals surface area contributed by atoms with Gasteiger partial charge in [-0.05, 0) is 31.2 Å². The Hall–Kier alpha value is -2.69. The lowest BCUT2D eigenvalue weighted by molar-refractivity contribution is 0.514. The molecule has 4 nitrogen and oxygen atoms in total. The maximum Gasteiger partial charge on any atom is 0.247 e. The van der Waals surface area contributed by atoms with Crippen LogP contribution in [0, 0.1) is 12.7 Å². The minimum atomic E-state index is -0.309. The zero-order valence-corrected chi connectivity index (χ0v) is 11.5. The van der Waals surface area contributed by atoms with Crippen LogP contribution in [0.2, 0.25) is 0 Å². The van der Waals surface area contributed by atoms with Crippen molar-refractivity contribution in [2.45, 2.75) is 13.5 Å². The van der Waals surface area contributed by atoms with Crippen LogP contribution >= 0.6 is 0 Å². The molecule has 3 aromatic rings. The second-order valence-corrected chi connectivity index (χ2v) is 4.70. The first-order valence-electron chi connectivity index (χ1n) is 6.60. The first-order chi connectivity index (χ1) is 10.2. The predicted octanol–water partition coefficient (Wildman–Crippen LogP) is 3.80. The Morgan fingerprint density at radius 2 is 1.95 bits per heavy atom. The molecule has 0 amide bonds. The molecule has 0 aliphatic heterocycles. The van der Waals surface area contributed by atoms with E-state index in [9.17, 15) is 4.39 Å². The van der Waals surface area contributed by atoms with Crippen LogP contribution in [0.25, 0.3) is 11.5 Å². The number of benzene rings is 2. The van der Waals surface area contributed by atoms with Gasteiger partial charge in [-0.15, -0.1) is 10.2 Å². The highest BCUT2D eigenvalue weighted by atomic mass is 19.1. The summed E-state index contributed by atoms with van der Waals surface area (Å²) in [7, 11) is 0. The Bertz CT molecular complexity index is 755. The molecule has 0 bridgehead atoms. The second kappa shape index (κ2) is 5.75. The summed E-state index contributed by atoms with van der Waals surface area (Å²) in [5.74, 6) is 0.565. The van der Waals surface area contributed by atoms with E-state index in [2.05, 4.69) is 15.5 Å². The summed E-state index contributed by atoms with van der Waals surface area (Å²) in [5.41, 5.74) is 2.41. The van der Waals surface area contributed by atoms with E-state index in [1.165, 1.54) is 6.07 Å². The molecule has 5 heteroatoms. The Morgan fingerprint density at radius 1 is 1.10 bits per heavy atom. The van der Waals surface area contributed by atoms with Gasteiger partial charge in [0.1, 0.15) is 5.82 Å². The van der Waals surface area contributed by atoms with E-state index in [0.717, 1.165) is 11.1 Å². The van der Waals surface area contributed by atoms with E-state index in [4.69, 9.17) is 4.42 Å². The minimum Gasteiger partial charge on any atom is -0.419 e. The number of para-hydroxylation sites is 1. The lowest BCUT2D eigenvalue weighted by atomic mass is 10.1. The number of hydrogen-bond acceptors (Lipinski definition) is 4. The van der Waals surface area contributed by atoms with Gasteiger partial charge in [0, 0.05) is 5.56 Å². The highest BCUT2D eigenvalue weighted by molar-refractivity contribution is 5.53. The molecule has 2 aromatic carbocycles. The Morgan fingerprint density at radius 3 is 2.76 bits per heavy atom. The molecule has 0 atom stereocenters. The largest absolute Gasteiger partial charge is 0.419 e. The summed E-state index contributed by atoms with van der Waals surface area (Å²) in [6.45, 7) is 2.28. The molecular weight excluding hydrogens is 269 g/mol. The van der Waals surface area contributed by atoms with Crippen molar-refractivity contribution in [1.29, 1.82) is 0 Å². The van der Waals surface area contributed by atoms with Gasteiger partial charge in [0.05, 0.1) is 12.2 Å². The molecule has 3 rings (SSSR count). The number of aryl methyl sites for hydroxylation is 1. The maximum absolute atomic E-state index is 13.5. The maximum atomic E-state index is 13.5. The van der Waals surface area contributed by atoms with Gasteiger partial charge < -0.3 is 9.73 Å². The second-order valence-electron chi connectivity index (χ2n) is 4.70. The SMILES string of the molecule is Cc1cccc(-c2nnc(CNc3ccccc3F)o2)c1. The zero-order valence-electron chi connectivity index (χ0n) is 11.5. The third-order valence-corrected chi connectivity index (χ3v) is 3.04. The molecular formula is C16H14FN3O. The molecule has 0 aliphatic rings. The van der Waals surface area contributed by atoms with Gasteiger partial charge in [-0.2, -0.15) is 0 Å². The molecule has 0 fully saturated rings. The van der Waals surface area contributed by atoms with Crippen LogP contribution in [0.3, 0.4) is 0 Å². The fourth-order valence-electron chi connectivity index (χ4n) is 2.00. The third kappa shape index (κ3) is 3.08. The normalized spacial score (nSPS) is 10.6. The number of aromatic nitrogens is 2. The fraction of sp³-hybridized carbons (Fsp3) is 0.125. The molecule has 0 unspecified atom stereocenters. The highest BCUT2D eigenvalue weighted by Gasteiger charge is 2.09. The van der Waals surface area contributed by atoms with Crippen molar-refractivity contribution in [3.8, 4) is 11.5 Å². The van der Waals surface area contributed by atoms with Gasteiger partial charge in [-0.3, -0.25) is 0 Å². The Labute approximate surface area is 121 Å². The van der Waals surface area contributed by atoms with Crippen LogP contribution in [-0.2, 0) is 6.54 Å². The summed E-state index contributed by atoms with van der Waals surface area (Å²) in [5, 5.41) is 10.9. The van der Waals surface area contributed by atoms with E-state index in [0.29, 0.717) is 17.5 Å². The molecule has 1 aromatic heterocycles. The summed E-state index contributed by atoms with van der Waals surface area (Å²) in [6.07, 6.45) is 0. The van der Waals surface area contributed by atoms with Crippen molar-refractivity contribution < 1.29 is 8.81 Å². The van der Waals surface area contributed by atoms with Crippen LogP contribution in [-0.4, -0.2) is 10.2 Å². The van der Waals surface area contributed by atoms with Crippen LogP contribution in [0.1, 0.15) is 11.5 Å². The van der Waals surface area contributed by atoms with Gasteiger partial charge in [0.15, 0.2) is 0 Å². The molecule has 0 aliphatic carbocycles. The lowest BCUT2D eigenvalue weighted by Crippen LogP contribution is -2.01. The zero-order chi connectivity index (χ0) is 14.7. The van der Waals surface area contributed by atoms with Gasteiger partial charge in [-0.25, -0.2) is 4.39 Å². The summed E-state index contributed by atoms with van der Waals surface area (Å²) < 4.78 is 19.1. The minimum absolute atomic E-state index is 0.278. The number of halogens is 1. The van der Waals surface area contributed by atoms with Crippen molar-refractivity contribution in [1.82, 2.24) is 10.2 Å². The molecule has 0 saturated heterocycles. The molecule has 1 N–H and O–H groups in total. The first-order valence-corrected chi connectivity index (χ1v) is 6.60. The van der Waals surface area contributed by atoms with E-state index in [-0.39, 0.29) is 12.4 Å². The fourth-order valence-corrected chi connectivity index (χ4v) is 2.00. The standard InChI is InChI=1S/C16H14FN3O/c1-11-5-4-6-12(9-11)16-20-19-15(21-16)10-18-14-8-3-2-7-13(14)17/h2-9,18H,10H2,1H3. The summed E-state index contributed by atoms with van der Waals surface area (Å²) >= 11 is 0. The number of anilines is 1. The van der Waals surface area contributed by atoms with E-state index in [1.54, 1.807) is 18.2 Å². The Kier molecular flexibility index (Phi) is 3.64. The van der Waals surface area contributed by atoms with Crippen LogP contribution < -0.4 is 5.32 Å². The quantitative estimate of drug-likeness (QED) is 0.791. The van der Waals surface area contributed by atoms with E-state index >= 15 is 0 Å². The summed E-state index contributed by atoms with van der Waals surface area (Å²) in [6, 6.07) is 14.3. The molecule has 0 spiro atoms. The van der Waals surface area contributed by atoms with Crippen LogP contribution in [0.15, 0.2) is 52.9 Å². The van der Waals surface area contributed by atoms with Gasteiger partial charge in [0.2, 0.25) is 11.8 Å². The number of nitrogens with zero attached hydrogens (tertiary/aromatic N) is 2. The Balaban J connectivity index is 1.72. The van der Waals surface area contributed by atoms with Crippen molar-refractivity contribution in [2.24, 2.45) is 0 Å². The third-order valence-electron chi connectivity index (χ3n) is 3.04. The molecule has 1 heterocycles. The molecule has 106 valence electrons. The van der Waals surface area contributed by atoms with E-state index in [1.807, 2.05) is 31.2 Å². The topological polar surface area (TPSA) is 51.0 Å². The molecule has 0 saturated carbocycles. The smallest absolute Gasteiger partial charge is 0.247 e. The van der Waals surface area contributed by atoms with Gasteiger partial charge in [-0.1, -0.05) is 29.8 Å². The van der Waals surface area contributed by atoms with Crippen molar-refractivity contribution in [2.75, 3.05) is 5.32 Å². The first kappa shape index (κ1) is 13.3. The lowest BCUT2D eigenvalue weighted by Gasteiger charge is -2.03. The van der Waals surface area contributed by atoms with Crippen molar-refractivity contribution in [3.05, 3.63) is 65.8 Å². The van der Waals surface area contributed by atoms with E-state index < -0.39 is 0 Å². The predicted molar refractivity (Wildman–Crippen MR) is 78.2 cm³/mol. The van der Waals surface area contributed by atoms with Crippen LogP contribution in [0.5, 0.6) is 0 Å². The summed E-state index contributed by atoms with van der Waals surface area (Å²) in [4.78, 5) is 0. The van der Waals surface area contributed by atoms with Gasteiger partial charge >= 0.3 is 0 Å². The van der Waals surface area contributed by atoms with Gasteiger partial charge in [0.25, 0.3) is 0 Å². The highest BCUT2D eigenvalue weighted by Crippen LogP contribution is 2.19. The monoisotopic (exact) mass is 283 g/mol. The van der Waals surface area contributed by atoms with Crippen molar-refractivity contribution in [3.63, 3.8) is 0 Å². The number of rotatable bonds is 4. The van der Waals surface area contributed by atoms with Crippen LogP contribution in [0.4, 0.5) is 10.1 Å².